The third-order valence-corrected chi connectivity index (χ3v) is 3.74. The van der Waals surface area contributed by atoms with Gasteiger partial charge in [0.25, 0.3) is 0 Å². The van der Waals surface area contributed by atoms with Gasteiger partial charge in [0, 0.05) is 7.05 Å². The SMILES string of the molecule is CC(C)C[C@H](NC(=O)OC(C)(C)C)C(=O)O.CN=C(CC(C)C)C(=O)N(OC)C(=O)OC(C)(C)C. The van der Waals surface area contributed by atoms with Gasteiger partial charge < -0.3 is 19.9 Å². The number of hydrogen-bond acceptors (Lipinski definition) is 8. The molecule has 0 aromatic carbocycles. The lowest BCUT2D eigenvalue weighted by atomic mass is 10.0. The van der Waals surface area contributed by atoms with Gasteiger partial charge in [-0.25, -0.2) is 14.4 Å². The van der Waals surface area contributed by atoms with Crippen molar-refractivity contribution in [1.29, 1.82) is 0 Å². The van der Waals surface area contributed by atoms with E-state index in [0.717, 1.165) is 0 Å². The second kappa shape index (κ2) is 15.3. The summed E-state index contributed by atoms with van der Waals surface area (Å²) < 4.78 is 10.1. The number of carbonyl (C=O) groups is 4. The fourth-order valence-corrected chi connectivity index (χ4v) is 2.46. The lowest BCUT2D eigenvalue weighted by Gasteiger charge is -2.24. The van der Waals surface area contributed by atoms with Gasteiger partial charge in [0.05, 0.1) is 7.11 Å². The number of aliphatic imine (C=N–C) groups is 1. The van der Waals surface area contributed by atoms with Crippen LogP contribution in [0.2, 0.25) is 0 Å². The van der Waals surface area contributed by atoms with E-state index in [9.17, 15) is 19.2 Å². The first-order valence-electron chi connectivity index (χ1n) is 11.5. The number of carbonyl (C=O) groups excluding carboxylic acids is 3. The molecule has 2 N–H and O–H groups in total. The minimum absolute atomic E-state index is 0.191. The Hall–Kier alpha value is -2.69. The molecule has 0 saturated heterocycles. The van der Waals surface area contributed by atoms with Gasteiger partial charge in [-0.1, -0.05) is 27.7 Å². The number of alkyl carbamates (subject to hydrolysis) is 1. The fraction of sp³-hybridized carbons (Fsp3) is 0.792. The first-order chi connectivity index (χ1) is 15.7. The quantitative estimate of drug-likeness (QED) is 0.365. The molecule has 0 aromatic rings. The monoisotopic (exact) mass is 503 g/mol. The molecule has 0 radical (unpaired) electrons. The van der Waals surface area contributed by atoms with Crippen LogP contribution in [0.15, 0.2) is 4.99 Å². The summed E-state index contributed by atoms with van der Waals surface area (Å²) in [6, 6.07) is -0.894. The molecule has 0 saturated carbocycles. The van der Waals surface area contributed by atoms with Crippen molar-refractivity contribution in [2.24, 2.45) is 16.8 Å². The minimum atomic E-state index is -1.04. The molecule has 0 unspecified atom stereocenters. The molecule has 0 rings (SSSR count). The average molecular weight is 504 g/mol. The molecule has 0 fully saturated rings. The highest BCUT2D eigenvalue weighted by atomic mass is 16.7. The van der Waals surface area contributed by atoms with E-state index in [4.69, 9.17) is 19.4 Å². The highest BCUT2D eigenvalue weighted by molar-refractivity contribution is 6.40. The normalized spacial score (nSPS) is 12.9. The number of hydroxylamine groups is 2. The predicted molar refractivity (Wildman–Crippen MR) is 133 cm³/mol. The predicted octanol–water partition coefficient (Wildman–Crippen LogP) is 4.44. The van der Waals surface area contributed by atoms with Crippen molar-refractivity contribution in [3.63, 3.8) is 0 Å². The van der Waals surface area contributed by atoms with Crippen LogP contribution < -0.4 is 5.32 Å². The number of amides is 3. The zero-order chi connectivity index (χ0) is 28.1. The number of aliphatic carboxylic acids is 1. The molecule has 3 amide bonds. The third kappa shape index (κ3) is 17.4. The van der Waals surface area contributed by atoms with E-state index in [2.05, 4.69) is 10.3 Å². The van der Waals surface area contributed by atoms with E-state index in [-0.39, 0.29) is 17.5 Å². The number of carboxylic acids is 1. The summed E-state index contributed by atoms with van der Waals surface area (Å²) in [6.45, 7) is 18.0. The maximum Gasteiger partial charge on any atom is 0.442 e. The van der Waals surface area contributed by atoms with Crippen LogP contribution in [-0.2, 0) is 23.9 Å². The molecular weight excluding hydrogens is 458 g/mol. The zero-order valence-corrected chi connectivity index (χ0v) is 23.3. The van der Waals surface area contributed by atoms with Crippen molar-refractivity contribution in [3.8, 4) is 0 Å². The molecule has 11 heteroatoms. The first kappa shape index (κ1) is 34.5. The second-order valence-corrected chi connectivity index (χ2v) is 10.7. The Morgan fingerprint density at radius 3 is 1.71 bits per heavy atom. The van der Waals surface area contributed by atoms with E-state index in [1.165, 1.54) is 14.2 Å². The summed E-state index contributed by atoms with van der Waals surface area (Å²) in [5, 5.41) is 11.8. The fourth-order valence-electron chi connectivity index (χ4n) is 2.46. The topological polar surface area (TPSA) is 144 Å². The number of nitrogens with zero attached hydrogens (tertiary/aromatic N) is 2. The van der Waals surface area contributed by atoms with E-state index >= 15 is 0 Å². The maximum absolute atomic E-state index is 12.1. The van der Waals surface area contributed by atoms with Crippen LogP contribution in [-0.4, -0.2) is 71.3 Å². The molecule has 0 aliphatic carbocycles. The molecule has 0 aliphatic heterocycles. The van der Waals surface area contributed by atoms with Gasteiger partial charge >= 0.3 is 24.1 Å². The smallest absolute Gasteiger partial charge is 0.442 e. The summed E-state index contributed by atoms with van der Waals surface area (Å²) in [4.78, 5) is 54.9. The number of carboxylic acid groups (broad SMARTS) is 1. The van der Waals surface area contributed by atoms with Gasteiger partial charge in [0.2, 0.25) is 0 Å². The van der Waals surface area contributed by atoms with Crippen LogP contribution in [0, 0.1) is 11.8 Å². The van der Waals surface area contributed by atoms with Gasteiger partial charge in [-0.3, -0.25) is 14.6 Å². The molecule has 0 bridgehead atoms. The van der Waals surface area contributed by atoms with Crippen molar-refractivity contribution in [1.82, 2.24) is 10.4 Å². The standard InChI is InChI=1S/C13H24N2O4.C11H21NO4/c1-9(2)8-10(14-6)11(16)15(18-7)12(17)19-13(3,4)5;1-7(2)6-8(9(13)14)12-10(15)16-11(3,4)5/h9H,8H2,1-7H3;7-8H,6H2,1-5H3,(H,12,15)(H,13,14)/t;8-/m.0/s1. The van der Waals surface area contributed by atoms with E-state index in [1.54, 1.807) is 41.5 Å². The molecule has 11 nitrogen and oxygen atoms in total. The molecule has 0 spiro atoms. The van der Waals surface area contributed by atoms with E-state index in [0.29, 0.717) is 17.9 Å². The van der Waals surface area contributed by atoms with Crippen LogP contribution >= 0.6 is 0 Å². The second-order valence-electron chi connectivity index (χ2n) is 10.7. The maximum atomic E-state index is 12.1. The lowest BCUT2D eigenvalue weighted by Crippen LogP contribution is -2.44. The Balaban J connectivity index is 0. The van der Waals surface area contributed by atoms with Crippen molar-refractivity contribution < 1.29 is 38.6 Å². The van der Waals surface area contributed by atoms with Crippen molar-refractivity contribution >= 4 is 29.8 Å². The van der Waals surface area contributed by atoms with Crippen molar-refractivity contribution in [2.45, 2.75) is 99.3 Å². The third-order valence-electron chi connectivity index (χ3n) is 3.74. The van der Waals surface area contributed by atoms with Crippen molar-refractivity contribution in [2.75, 3.05) is 14.2 Å². The summed E-state index contributed by atoms with van der Waals surface area (Å²) in [7, 11) is 2.75. The highest BCUT2D eigenvalue weighted by Crippen LogP contribution is 2.12. The molecule has 0 aromatic heterocycles. The molecule has 204 valence electrons. The van der Waals surface area contributed by atoms with Gasteiger partial charge in [-0.15, -0.1) is 5.06 Å². The lowest BCUT2D eigenvalue weighted by molar-refractivity contribution is -0.161. The first-order valence-corrected chi connectivity index (χ1v) is 11.5. The van der Waals surface area contributed by atoms with Crippen LogP contribution in [0.5, 0.6) is 0 Å². The molecular formula is C24H45N3O8. The Bertz CT molecular complexity index is 734. The molecule has 35 heavy (non-hydrogen) atoms. The number of rotatable bonds is 8. The van der Waals surface area contributed by atoms with Crippen LogP contribution in [0.4, 0.5) is 9.59 Å². The Labute approximate surface area is 209 Å². The number of nitrogens with one attached hydrogen (secondary N) is 1. The van der Waals surface area contributed by atoms with Gasteiger partial charge in [-0.2, -0.15) is 0 Å². The summed E-state index contributed by atoms with van der Waals surface area (Å²) in [5.74, 6) is -1.19. The summed E-state index contributed by atoms with van der Waals surface area (Å²) in [5.41, 5.74) is -1.04. The van der Waals surface area contributed by atoms with Gasteiger partial charge in [-0.05, 0) is 66.2 Å². The van der Waals surface area contributed by atoms with Crippen LogP contribution in [0.3, 0.4) is 0 Å². The van der Waals surface area contributed by atoms with Gasteiger partial charge in [0.15, 0.2) is 0 Å². The average Bonchev–Trinajstić information content (AvgIpc) is 2.62. The Morgan fingerprint density at radius 1 is 0.914 bits per heavy atom. The summed E-state index contributed by atoms with van der Waals surface area (Å²) >= 11 is 0. The number of hydrogen-bond donors (Lipinski definition) is 2. The Kier molecular flexibility index (Phi) is 15.1. The molecule has 0 aliphatic rings. The van der Waals surface area contributed by atoms with Crippen LogP contribution in [0.25, 0.3) is 0 Å². The largest absolute Gasteiger partial charge is 0.480 e. The summed E-state index contributed by atoms with van der Waals surface area (Å²) in [6.07, 6.45) is -0.683. The Morgan fingerprint density at radius 2 is 1.40 bits per heavy atom. The van der Waals surface area contributed by atoms with E-state index < -0.39 is 41.3 Å². The van der Waals surface area contributed by atoms with Crippen molar-refractivity contribution in [3.05, 3.63) is 0 Å². The van der Waals surface area contributed by atoms with Gasteiger partial charge in [0.1, 0.15) is 23.0 Å². The molecule has 1 atom stereocenters. The number of imide groups is 1. The minimum Gasteiger partial charge on any atom is -0.480 e. The zero-order valence-electron chi connectivity index (χ0n) is 23.3. The van der Waals surface area contributed by atoms with E-state index in [1.807, 2.05) is 27.7 Å². The highest BCUT2D eigenvalue weighted by Gasteiger charge is 2.30. The van der Waals surface area contributed by atoms with Crippen LogP contribution in [0.1, 0.15) is 82.1 Å². The molecule has 0 heterocycles. The number of ether oxygens (including phenoxy) is 2.